The molecule has 2 rings (SSSR count). The van der Waals surface area contributed by atoms with Crippen LogP contribution in [0, 0.1) is 0 Å². The standard InChI is InChI=1S/C20H30F2N4O6/c1-2-7-13(8-5-3-4-6-9-16(28)25-31)23-15-10-11-26(19(30)24-15)18-20(21,22)17(29)14(12-27)32-18/h7,10-11,14,17-18,27,29,31H,2-6,8-9,12H2,1H3,(H,25,28)(H,23,24,30)/b13-7-/t14?,17-,18?/m1/s1. The lowest BCUT2D eigenvalue weighted by molar-refractivity contribution is -0.140. The highest BCUT2D eigenvalue weighted by Gasteiger charge is 2.59. The fourth-order valence-corrected chi connectivity index (χ4v) is 3.42. The van der Waals surface area contributed by atoms with Gasteiger partial charge in [-0.2, -0.15) is 13.8 Å². The Bertz CT molecular complexity index is 848. The fraction of sp³-hybridized carbons (Fsp3) is 0.650. The molecule has 3 atom stereocenters. The number of unbranched alkanes of at least 4 members (excludes halogenated alkanes) is 3. The molecular weight excluding hydrogens is 430 g/mol. The number of amides is 1. The van der Waals surface area contributed by atoms with E-state index in [1.807, 2.05) is 13.0 Å². The number of hydroxylamine groups is 1. The molecule has 10 nitrogen and oxygen atoms in total. The average molecular weight is 460 g/mol. The minimum Gasteiger partial charge on any atom is -0.394 e. The van der Waals surface area contributed by atoms with E-state index in [0.717, 1.165) is 37.6 Å². The van der Waals surface area contributed by atoms with Crippen molar-refractivity contribution in [1.82, 2.24) is 15.0 Å². The Morgan fingerprint density at radius 1 is 1.31 bits per heavy atom. The molecular formula is C20H30F2N4O6. The first-order valence-electron chi connectivity index (χ1n) is 10.5. The summed E-state index contributed by atoms with van der Waals surface area (Å²) in [4.78, 5) is 27.1. The highest BCUT2D eigenvalue weighted by molar-refractivity contribution is 5.74. The monoisotopic (exact) mass is 460 g/mol. The van der Waals surface area contributed by atoms with E-state index in [1.54, 1.807) is 5.48 Å². The number of ether oxygens (including phenoxy) is 1. The second-order valence-electron chi connectivity index (χ2n) is 7.54. The lowest BCUT2D eigenvalue weighted by atomic mass is 10.1. The van der Waals surface area contributed by atoms with Crippen molar-refractivity contribution in [2.24, 2.45) is 0 Å². The van der Waals surface area contributed by atoms with Gasteiger partial charge in [-0.3, -0.25) is 14.6 Å². The molecule has 1 aliphatic rings. The van der Waals surface area contributed by atoms with Gasteiger partial charge in [-0.05, 0) is 31.7 Å². The molecule has 12 heteroatoms. The topological polar surface area (TPSA) is 146 Å². The summed E-state index contributed by atoms with van der Waals surface area (Å²) in [6.45, 7) is 1.14. The molecule has 1 aromatic rings. The molecule has 1 aliphatic heterocycles. The van der Waals surface area contributed by atoms with Gasteiger partial charge >= 0.3 is 11.6 Å². The number of hydrogen-bond acceptors (Lipinski definition) is 8. The Hall–Kier alpha value is -2.41. The molecule has 180 valence electrons. The Kier molecular flexibility index (Phi) is 9.69. The number of nitrogens with one attached hydrogen (secondary N) is 2. The van der Waals surface area contributed by atoms with Gasteiger partial charge in [-0.15, -0.1) is 0 Å². The summed E-state index contributed by atoms with van der Waals surface area (Å²) in [5.41, 5.74) is 1.43. The Morgan fingerprint density at radius 3 is 2.56 bits per heavy atom. The predicted molar refractivity (Wildman–Crippen MR) is 110 cm³/mol. The number of aromatic nitrogens is 2. The zero-order valence-electron chi connectivity index (χ0n) is 17.8. The second kappa shape index (κ2) is 12.0. The molecule has 0 saturated carbocycles. The molecule has 1 aromatic heterocycles. The Balaban J connectivity index is 1.97. The van der Waals surface area contributed by atoms with Crippen molar-refractivity contribution >= 4 is 11.7 Å². The fourth-order valence-electron chi connectivity index (χ4n) is 3.42. The molecule has 0 spiro atoms. The third-order valence-corrected chi connectivity index (χ3v) is 5.11. The maximum absolute atomic E-state index is 14.3. The molecule has 1 amide bonds. The largest absolute Gasteiger partial charge is 0.394 e. The van der Waals surface area contributed by atoms with Crippen LogP contribution < -0.4 is 16.5 Å². The van der Waals surface area contributed by atoms with Crippen LogP contribution in [-0.4, -0.2) is 55.6 Å². The Morgan fingerprint density at radius 2 is 2.00 bits per heavy atom. The maximum atomic E-state index is 14.3. The number of hydrogen-bond donors (Lipinski definition) is 5. The van der Waals surface area contributed by atoms with Gasteiger partial charge in [0.05, 0.1) is 6.61 Å². The van der Waals surface area contributed by atoms with Crippen molar-refractivity contribution in [3.05, 3.63) is 34.5 Å². The van der Waals surface area contributed by atoms with Gasteiger partial charge in [0.1, 0.15) is 11.9 Å². The van der Waals surface area contributed by atoms with Gasteiger partial charge < -0.3 is 20.3 Å². The number of allylic oxidation sites excluding steroid dienone is 2. The molecule has 1 saturated heterocycles. The molecule has 0 aromatic carbocycles. The van der Waals surface area contributed by atoms with E-state index in [4.69, 9.17) is 15.1 Å². The minimum atomic E-state index is -3.76. The Labute approximate surface area is 183 Å². The highest BCUT2D eigenvalue weighted by Crippen LogP contribution is 2.41. The molecule has 2 unspecified atom stereocenters. The van der Waals surface area contributed by atoms with E-state index in [0.29, 0.717) is 17.4 Å². The van der Waals surface area contributed by atoms with E-state index in [-0.39, 0.29) is 12.2 Å². The molecule has 1 fully saturated rings. The smallest absolute Gasteiger partial charge is 0.351 e. The summed E-state index contributed by atoms with van der Waals surface area (Å²) in [7, 11) is 0. The number of alkyl halides is 2. The lowest BCUT2D eigenvalue weighted by Crippen LogP contribution is -2.41. The van der Waals surface area contributed by atoms with Gasteiger partial charge in [0.15, 0.2) is 6.10 Å². The third-order valence-electron chi connectivity index (χ3n) is 5.11. The van der Waals surface area contributed by atoms with Crippen LogP contribution in [0.2, 0.25) is 0 Å². The number of nitrogens with zero attached hydrogens (tertiary/aromatic N) is 2. The van der Waals surface area contributed by atoms with Crippen molar-refractivity contribution < 1.29 is 33.7 Å². The summed E-state index contributed by atoms with van der Waals surface area (Å²) < 4.78 is 34.1. The quantitative estimate of drug-likeness (QED) is 0.180. The van der Waals surface area contributed by atoms with Crippen molar-refractivity contribution in [2.75, 3.05) is 11.9 Å². The van der Waals surface area contributed by atoms with Gasteiger partial charge in [0.2, 0.25) is 12.1 Å². The van der Waals surface area contributed by atoms with Crippen molar-refractivity contribution in [3.8, 4) is 0 Å². The van der Waals surface area contributed by atoms with E-state index < -0.39 is 42.6 Å². The first kappa shape index (κ1) is 25.8. The summed E-state index contributed by atoms with van der Waals surface area (Å²) >= 11 is 0. The van der Waals surface area contributed by atoms with E-state index in [9.17, 15) is 23.5 Å². The van der Waals surface area contributed by atoms with Crippen LogP contribution in [-0.2, 0) is 9.53 Å². The average Bonchev–Trinajstić information content (AvgIpc) is 2.99. The summed E-state index contributed by atoms with van der Waals surface area (Å²) in [5, 5.41) is 30.2. The van der Waals surface area contributed by atoms with Gasteiger partial charge in [0.25, 0.3) is 0 Å². The number of carbonyl (C=O) groups excluding carboxylic acids is 1. The number of halogens is 2. The van der Waals surface area contributed by atoms with Crippen molar-refractivity contribution in [2.45, 2.75) is 76.2 Å². The van der Waals surface area contributed by atoms with Gasteiger partial charge in [0, 0.05) is 18.3 Å². The normalized spacial score (nSPS) is 22.7. The van der Waals surface area contributed by atoms with Crippen LogP contribution in [0.4, 0.5) is 14.6 Å². The maximum Gasteiger partial charge on any atom is 0.351 e. The molecule has 32 heavy (non-hydrogen) atoms. The summed E-state index contributed by atoms with van der Waals surface area (Å²) in [6, 6.07) is 1.36. The third kappa shape index (κ3) is 6.55. The summed E-state index contributed by atoms with van der Waals surface area (Å²) in [5.74, 6) is -3.99. The molecule has 5 N–H and O–H groups in total. The molecule has 0 bridgehead atoms. The van der Waals surface area contributed by atoms with Crippen LogP contribution in [0.3, 0.4) is 0 Å². The predicted octanol–water partition coefficient (Wildman–Crippen LogP) is 1.68. The van der Waals surface area contributed by atoms with E-state index >= 15 is 0 Å². The minimum absolute atomic E-state index is 0.186. The first-order chi connectivity index (χ1) is 15.2. The number of carbonyl (C=O) groups is 1. The van der Waals surface area contributed by atoms with Crippen LogP contribution in [0.1, 0.15) is 58.1 Å². The number of aliphatic hydroxyl groups is 2. The molecule has 0 radical (unpaired) electrons. The zero-order chi connectivity index (χ0) is 23.7. The van der Waals surface area contributed by atoms with Crippen LogP contribution in [0.5, 0.6) is 0 Å². The molecule has 0 aliphatic carbocycles. The number of anilines is 1. The second-order valence-corrected chi connectivity index (χ2v) is 7.54. The zero-order valence-corrected chi connectivity index (χ0v) is 17.8. The van der Waals surface area contributed by atoms with Crippen LogP contribution >= 0.6 is 0 Å². The highest BCUT2D eigenvalue weighted by atomic mass is 19.3. The number of rotatable bonds is 12. The SMILES string of the molecule is CC/C=C(/CCCCCCC(=O)NO)Nc1ccn(C2OC(CO)[C@@H](O)C2(F)F)c(=O)n1. The van der Waals surface area contributed by atoms with Crippen molar-refractivity contribution in [3.63, 3.8) is 0 Å². The van der Waals surface area contributed by atoms with Crippen LogP contribution in [0.25, 0.3) is 0 Å². The van der Waals surface area contributed by atoms with Gasteiger partial charge in [-0.1, -0.05) is 25.8 Å². The van der Waals surface area contributed by atoms with Gasteiger partial charge in [-0.25, -0.2) is 10.3 Å². The van der Waals surface area contributed by atoms with E-state index in [2.05, 4.69) is 10.3 Å². The number of aliphatic hydroxyl groups excluding tert-OH is 2. The van der Waals surface area contributed by atoms with Crippen molar-refractivity contribution in [1.29, 1.82) is 0 Å². The first-order valence-corrected chi connectivity index (χ1v) is 10.5. The van der Waals surface area contributed by atoms with Crippen LogP contribution in [0.15, 0.2) is 28.8 Å². The summed E-state index contributed by atoms with van der Waals surface area (Å²) in [6.07, 6.45) is 2.05. The lowest BCUT2D eigenvalue weighted by Gasteiger charge is -2.21. The van der Waals surface area contributed by atoms with E-state index in [1.165, 1.54) is 6.07 Å². The molecule has 2 heterocycles.